The summed E-state index contributed by atoms with van der Waals surface area (Å²) in [5.74, 6) is -0.341. The Morgan fingerprint density at radius 2 is 1.74 bits per heavy atom. The number of nitrogens with zero attached hydrogens (tertiary/aromatic N) is 2. The highest BCUT2D eigenvalue weighted by atomic mass is 35.5. The normalized spacial score (nSPS) is 17.7. The number of carbonyl (C=O) groups is 1. The third-order valence-corrected chi connectivity index (χ3v) is 7.83. The Kier molecular flexibility index (Phi) is 6.52. The molecule has 1 amide bonds. The lowest BCUT2D eigenvalue weighted by molar-refractivity contribution is 0.0730. The molecule has 166 valence electrons. The molecule has 0 bridgehead atoms. The lowest BCUT2D eigenvalue weighted by Gasteiger charge is -2.27. The van der Waals surface area contributed by atoms with Gasteiger partial charge in [-0.3, -0.25) is 4.79 Å². The molecular formula is C22H26ClN3O4S. The van der Waals surface area contributed by atoms with Crippen LogP contribution in [0.3, 0.4) is 0 Å². The fourth-order valence-electron chi connectivity index (χ4n) is 3.98. The Balaban J connectivity index is 1.70. The molecular weight excluding hydrogens is 438 g/mol. The van der Waals surface area contributed by atoms with Crippen LogP contribution in [0.15, 0.2) is 41.3 Å². The smallest absolute Gasteiger partial charge is 0.257 e. The minimum atomic E-state index is -3.71. The standard InChI is InChI=1S/C22H26ClN3O4S/c1-16-14-17(23)4-6-20(16)24-22(27)19-15-18(5-7-21(19)25-8-2-3-9-25)31(28,29)26-10-12-30-13-11-26/h4-7,14-15H,2-3,8-13H2,1H3,(H,24,27). The molecule has 0 spiro atoms. The molecule has 2 aliphatic heterocycles. The van der Waals surface area contributed by atoms with Gasteiger partial charge in [0, 0.05) is 42.6 Å². The molecule has 2 aromatic carbocycles. The Bertz CT molecular complexity index is 1080. The van der Waals surface area contributed by atoms with Crippen molar-refractivity contribution in [3.05, 3.63) is 52.5 Å². The maximum Gasteiger partial charge on any atom is 0.257 e. The predicted molar refractivity (Wildman–Crippen MR) is 122 cm³/mol. The summed E-state index contributed by atoms with van der Waals surface area (Å²) in [6.45, 7) is 4.90. The highest BCUT2D eigenvalue weighted by Gasteiger charge is 2.29. The number of carbonyl (C=O) groups excluding carboxylic acids is 1. The third-order valence-electron chi connectivity index (χ3n) is 5.70. The molecule has 2 saturated heterocycles. The summed E-state index contributed by atoms with van der Waals surface area (Å²) in [6.07, 6.45) is 2.09. The van der Waals surface area contributed by atoms with E-state index in [0.29, 0.717) is 42.6 Å². The van der Waals surface area contributed by atoms with Gasteiger partial charge in [0.2, 0.25) is 10.0 Å². The van der Waals surface area contributed by atoms with E-state index in [1.54, 1.807) is 30.3 Å². The minimum Gasteiger partial charge on any atom is -0.379 e. The van der Waals surface area contributed by atoms with Crippen molar-refractivity contribution in [1.29, 1.82) is 0 Å². The number of halogens is 1. The SMILES string of the molecule is Cc1cc(Cl)ccc1NC(=O)c1cc(S(=O)(=O)N2CCOCC2)ccc1N1CCCC1. The van der Waals surface area contributed by atoms with Crippen LogP contribution in [0.5, 0.6) is 0 Å². The van der Waals surface area contributed by atoms with Crippen molar-refractivity contribution in [2.45, 2.75) is 24.7 Å². The number of sulfonamides is 1. The van der Waals surface area contributed by atoms with E-state index in [4.69, 9.17) is 16.3 Å². The summed E-state index contributed by atoms with van der Waals surface area (Å²) in [4.78, 5) is 15.5. The summed E-state index contributed by atoms with van der Waals surface area (Å²) in [5, 5.41) is 3.51. The quantitative estimate of drug-likeness (QED) is 0.733. The van der Waals surface area contributed by atoms with Crippen LogP contribution in [0.2, 0.25) is 5.02 Å². The van der Waals surface area contributed by atoms with Crippen molar-refractivity contribution in [3.8, 4) is 0 Å². The minimum absolute atomic E-state index is 0.121. The number of hydrogen-bond donors (Lipinski definition) is 1. The fraction of sp³-hybridized carbons (Fsp3) is 0.409. The number of amides is 1. The van der Waals surface area contributed by atoms with Gasteiger partial charge in [0.05, 0.1) is 23.7 Å². The monoisotopic (exact) mass is 463 g/mol. The van der Waals surface area contributed by atoms with Gasteiger partial charge in [-0.15, -0.1) is 0 Å². The highest BCUT2D eigenvalue weighted by molar-refractivity contribution is 7.89. The lowest BCUT2D eigenvalue weighted by Crippen LogP contribution is -2.40. The molecule has 2 aliphatic rings. The number of benzene rings is 2. The fourth-order valence-corrected chi connectivity index (χ4v) is 5.65. The van der Waals surface area contributed by atoms with Crippen LogP contribution in [-0.2, 0) is 14.8 Å². The largest absolute Gasteiger partial charge is 0.379 e. The number of anilines is 2. The molecule has 9 heteroatoms. The van der Waals surface area contributed by atoms with Crippen LogP contribution in [-0.4, -0.2) is 58.0 Å². The molecule has 1 N–H and O–H groups in total. The van der Waals surface area contributed by atoms with Gasteiger partial charge in [0.25, 0.3) is 5.91 Å². The zero-order valence-electron chi connectivity index (χ0n) is 17.4. The molecule has 2 heterocycles. The van der Waals surface area contributed by atoms with Crippen LogP contribution in [0.1, 0.15) is 28.8 Å². The summed E-state index contributed by atoms with van der Waals surface area (Å²) in [6, 6.07) is 10.1. The number of aryl methyl sites for hydroxylation is 1. The van der Waals surface area contributed by atoms with Crippen molar-refractivity contribution in [3.63, 3.8) is 0 Å². The molecule has 4 rings (SSSR count). The van der Waals surface area contributed by atoms with E-state index in [2.05, 4.69) is 10.2 Å². The Morgan fingerprint density at radius 3 is 2.42 bits per heavy atom. The van der Waals surface area contributed by atoms with Crippen molar-refractivity contribution in [1.82, 2.24) is 4.31 Å². The van der Waals surface area contributed by atoms with Crippen LogP contribution >= 0.6 is 11.6 Å². The number of morpholine rings is 1. The van der Waals surface area contributed by atoms with E-state index >= 15 is 0 Å². The van der Waals surface area contributed by atoms with Crippen LogP contribution in [0, 0.1) is 6.92 Å². The molecule has 31 heavy (non-hydrogen) atoms. The summed E-state index contributed by atoms with van der Waals surface area (Å²) >= 11 is 6.03. The van der Waals surface area contributed by atoms with Crippen molar-refractivity contribution < 1.29 is 17.9 Å². The number of nitrogens with one attached hydrogen (secondary N) is 1. The summed E-state index contributed by atoms with van der Waals surface area (Å²) in [7, 11) is -3.71. The molecule has 0 aliphatic carbocycles. The van der Waals surface area contributed by atoms with E-state index in [-0.39, 0.29) is 10.8 Å². The van der Waals surface area contributed by atoms with Crippen molar-refractivity contribution in [2.75, 3.05) is 49.6 Å². The summed E-state index contributed by atoms with van der Waals surface area (Å²) < 4.78 is 33.0. The Hall–Kier alpha value is -2.13. The van der Waals surface area contributed by atoms with E-state index in [0.717, 1.165) is 37.2 Å². The van der Waals surface area contributed by atoms with Gasteiger partial charge in [-0.1, -0.05) is 11.6 Å². The molecule has 2 fully saturated rings. The maximum atomic E-state index is 13.3. The number of ether oxygens (including phenoxy) is 1. The van der Waals surface area contributed by atoms with Crippen LogP contribution in [0.25, 0.3) is 0 Å². The average molecular weight is 464 g/mol. The van der Waals surface area contributed by atoms with E-state index in [9.17, 15) is 13.2 Å². The first-order chi connectivity index (χ1) is 14.9. The first-order valence-corrected chi connectivity index (χ1v) is 12.2. The van der Waals surface area contributed by atoms with Gasteiger partial charge < -0.3 is 15.0 Å². The molecule has 0 saturated carbocycles. The molecule has 2 aromatic rings. The van der Waals surface area contributed by atoms with Gasteiger partial charge in [-0.2, -0.15) is 4.31 Å². The molecule has 0 radical (unpaired) electrons. The zero-order valence-corrected chi connectivity index (χ0v) is 19.0. The third kappa shape index (κ3) is 4.72. The summed E-state index contributed by atoms with van der Waals surface area (Å²) in [5.41, 5.74) is 2.58. The first kappa shape index (κ1) is 22.1. The van der Waals surface area contributed by atoms with E-state index < -0.39 is 10.0 Å². The van der Waals surface area contributed by atoms with Gasteiger partial charge in [0.1, 0.15) is 0 Å². The molecule has 0 atom stereocenters. The topological polar surface area (TPSA) is 79.0 Å². The second kappa shape index (κ2) is 9.16. The second-order valence-corrected chi connectivity index (χ2v) is 10.2. The first-order valence-electron chi connectivity index (χ1n) is 10.4. The second-order valence-electron chi connectivity index (χ2n) is 7.80. The molecule has 0 aromatic heterocycles. The van der Waals surface area contributed by atoms with Crippen molar-refractivity contribution >= 4 is 38.9 Å². The van der Waals surface area contributed by atoms with E-state index in [1.165, 1.54) is 10.4 Å². The van der Waals surface area contributed by atoms with Gasteiger partial charge in [-0.05, 0) is 61.7 Å². The molecule has 0 unspecified atom stereocenters. The van der Waals surface area contributed by atoms with Gasteiger partial charge >= 0.3 is 0 Å². The van der Waals surface area contributed by atoms with E-state index in [1.807, 2.05) is 6.92 Å². The number of hydrogen-bond acceptors (Lipinski definition) is 5. The Labute approximate surface area is 188 Å². The van der Waals surface area contributed by atoms with Crippen LogP contribution < -0.4 is 10.2 Å². The number of rotatable bonds is 5. The predicted octanol–water partition coefficient (Wildman–Crippen LogP) is 3.52. The highest BCUT2D eigenvalue weighted by Crippen LogP contribution is 2.30. The zero-order chi connectivity index (χ0) is 22.0. The van der Waals surface area contributed by atoms with Gasteiger partial charge in [-0.25, -0.2) is 8.42 Å². The van der Waals surface area contributed by atoms with Gasteiger partial charge in [0.15, 0.2) is 0 Å². The van der Waals surface area contributed by atoms with Crippen LogP contribution in [0.4, 0.5) is 11.4 Å². The van der Waals surface area contributed by atoms with Crippen molar-refractivity contribution in [2.24, 2.45) is 0 Å². The average Bonchev–Trinajstić information content (AvgIpc) is 3.30. The maximum absolute atomic E-state index is 13.3. The Morgan fingerprint density at radius 1 is 1.03 bits per heavy atom. The molecule has 7 nitrogen and oxygen atoms in total. The lowest BCUT2D eigenvalue weighted by atomic mass is 10.1.